The van der Waals surface area contributed by atoms with E-state index in [2.05, 4.69) is 5.32 Å². The van der Waals surface area contributed by atoms with Gasteiger partial charge in [0, 0.05) is 31.6 Å². The number of amides is 2. The zero-order chi connectivity index (χ0) is 18.4. The molecule has 5 nitrogen and oxygen atoms in total. The van der Waals surface area contributed by atoms with Crippen molar-refractivity contribution in [3.05, 3.63) is 65.7 Å². The van der Waals surface area contributed by atoms with Gasteiger partial charge >= 0.3 is 0 Å². The summed E-state index contributed by atoms with van der Waals surface area (Å²) in [6.07, 6.45) is 1.57. The van der Waals surface area contributed by atoms with Gasteiger partial charge in [0.2, 0.25) is 5.91 Å². The molecule has 0 radical (unpaired) electrons. The summed E-state index contributed by atoms with van der Waals surface area (Å²) < 4.78 is 5.79. The summed E-state index contributed by atoms with van der Waals surface area (Å²) in [4.78, 5) is 25.7. The number of hydrogen-bond acceptors (Lipinski definition) is 3. The van der Waals surface area contributed by atoms with Crippen molar-refractivity contribution < 1.29 is 14.3 Å². The SMILES string of the molecule is CC(=O)N1CCC(NC(=O)c2cccc(OCc3ccccc3)c2)CC1. The van der Waals surface area contributed by atoms with Crippen LogP contribution in [0.1, 0.15) is 35.7 Å². The number of carbonyl (C=O) groups is 2. The van der Waals surface area contributed by atoms with E-state index in [-0.39, 0.29) is 17.9 Å². The second-order valence-electron chi connectivity index (χ2n) is 6.56. The van der Waals surface area contributed by atoms with Crippen LogP contribution in [-0.4, -0.2) is 35.8 Å². The summed E-state index contributed by atoms with van der Waals surface area (Å²) in [5.74, 6) is 0.669. The number of nitrogens with one attached hydrogen (secondary N) is 1. The highest BCUT2D eigenvalue weighted by Gasteiger charge is 2.22. The number of hydrogen-bond donors (Lipinski definition) is 1. The molecule has 0 aliphatic carbocycles. The van der Waals surface area contributed by atoms with Gasteiger partial charge < -0.3 is 15.0 Å². The van der Waals surface area contributed by atoms with E-state index in [9.17, 15) is 9.59 Å². The van der Waals surface area contributed by atoms with E-state index in [4.69, 9.17) is 4.74 Å². The standard InChI is InChI=1S/C21H24N2O3/c1-16(24)23-12-10-19(11-13-23)22-21(25)18-8-5-9-20(14-18)26-15-17-6-3-2-4-7-17/h2-9,14,19H,10-13,15H2,1H3,(H,22,25). The highest BCUT2D eigenvalue weighted by atomic mass is 16.5. The third-order valence-electron chi connectivity index (χ3n) is 4.62. The highest BCUT2D eigenvalue weighted by Crippen LogP contribution is 2.17. The molecule has 136 valence electrons. The molecule has 3 rings (SSSR count). The van der Waals surface area contributed by atoms with Crippen molar-refractivity contribution in [2.45, 2.75) is 32.4 Å². The van der Waals surface area contributed by atoms with Gasteiger partial charge in [0.1, 0.15) is 12.4 Å². The molecule has 2 aromatic rings. The molecule has 5 heteroatoms. The van der Waals surface area contributed by atoms with E-state index < -0.39 is 0 Å². The quantitative estimate of drug-likeness (QED) is 0.900. The fourth-order valence-electron chi connectivity index (χ4n) is 3.08. The average molecular weight is 352 g/mol. The van der Waals surface area contributed by atoms with Crippen LogP contribution in [0, 0.1) is 0 Å². The molecule has 0 spiro atoms. The molecule has 1 heterocycles. The minimum atomic E-state index is -0.101. The normalized spacial score (nSPS) is 14.7. The smallest absolute Gasteiger partial charge is 0.251 e. The summed E-state index contributed by atoms with van der Waals surface area (Å²) in [6.45, 7) is 3.44. The first-order valence-electron chi connectivity index (χ1n) is 8.95. The molecule has 1 fully saturated rings. The van der Waals surface area contributed by atoms with E-state index in [0.717, 1.165) is 18.4 Å². The molecule has 1 aliphatic heterocycles. The lowest BCUT2D eigenvalue weighted by Crippen LogP contribution is -2.45. The van der Waals surface area contributed by atoms with Crippen molar-refractivity contribution in [1.82, 2.24) is 10.2 Å². The van der Waals surface area contributed by atoms with Gasteiger partial charge in [0.05, 0.1) is 0 Å². The van der Waals surface area contributed by atoms with Crippen LogP contribution in [0.3, 0.4) is 0 Å². The lowest BCUT2D eigenvalue weighted by Gasteiger charge is -2.31. The molecule has 2 amide bonds. The maximum atomic E-state index is 12.5. The minimum absolute atomic E-state index is 0.0954. The Labute approximate surface area is 154 Å². The molecule has 1 aliphatic rings. The number of likely N-dealkylation sites (tertiary alicyclic amines) is 1. The Morgan fingerprint density at radius 2 is 1.81 bits per heavy atom. The van der Waals surface area contributed by atoms with Crippen molar-refractivity contribution in [3.8, 4) is 5.75 Å². The van der Waals surface area contributed by atoms with Gasteiger partial charge in [-0.25, -0.2) is 0 Å². The van der Waals surface area contributed by atoms with Crippen LogP contribution in [0.2, 0.25) is 0 Å². The van der Waals surface area contributed by atoms with E-state index in [1.807, 2.05) is 47.4 Å². The van der Waals surface area contributed by atoms with Gasteiger partial charge in [-0.1, -0.05) is 36.4 Å². The van der Waals surface area contributed by atoms with Gasteiger partial charge in [-0.05, 0) is 36.6 Å². The Kier molecular flexibility index (Phi) is 5.89. The Hall–Kier alpha value is -2.82. The van der Waals surface area contributed by atoms with E-state index in [1.54, 1.807) is 19.1 Å². The molecule has 0 atom stereocenters. The third-order valence-corrected chi connectivity index (χ3v) is 4.62. The van der Waals surface area contributed by atoms with Crippen LogP contribution in [0.25, 0.3) is 0 Å². The van der Waals surface area contributed by atoms with Crippen LogP contribution < -0.4 is 10.1 Å². The highest BCUT2D eigenvalue weighted by molar-refractivity contribution is 5.94. The Morgan fingerprint density at radius 1 is 1.08 bits per heavy atom. The summed E-state index contributed by atoms with van der Waals surface area (Å²) in [5, 5.41) is 3.06. The summed E-state index contributed by atoms with van der Waals surface area (Å²) in [5.41, 5.74) is 1.67. The zero-order valence-electron chi connectivity index (χ0n) is 15.0. The van der Waals surface area contributed by atoms with E-state index in [0.29, 0.717) is 31.0 Å². The first kappa shape index (κ1) is 18.0. The van der Waals surface area contributed by atoms with Gasteiger partial charge in [-0.3, -0.25) is 9.59 Å². The fraction of sp³-hybridized carbons (Fsp3) is 0.333. The number of ether oxygens (including phenoxy) is 1. The van der Waals surface area contributed by atoms with E-state index in [1.165, 1.54) is 0 Å². The predicted molar refractivity (Wildman–Crippen MR) is 100.0 cm³/mol. The van der Waals surface area contributed by atoms with Gasteiger partial charge in [-0.2, -0.15) is 0 Å². The third kappa shape index (κ3) is 4.85. The molecule has 2 aromatic carbocycles. The summed E-state index contributed by atoms with van der Waals surface area (Å²) in [7, 11) is 0. The van der Waals surface area contributed by atoms with Crippen molar-refractivity contribution in [1.29, 1.82) is 0 Å². The average Bonchev–Trinajstić information content (AvgIpc) is 2.68. The summed E-state index contributed by atoms with van der Waals surface area (Å²) >= 11 is 0. The summed E-state index contributed by atoms with van der Waals surface area (Å²) in [6, 6.07) is 17.3. The Bertz CT molecular complexity index is 753. The molecule has 0 unspecified atom stereocenters. The Morgan fingerprint density at radius 3 is 2.50 bits per heavy atom. The monoisotopic (exact) mass is 352 g/mol. The van der Waals surface area contributed by atoms with E-state index >= 15 is 0 Å². The zero-order valence-corrected chi connectivity index (χ0v) is 15.0. The van der Waals surface area contributed by atoms with Crippen LogP contribution in [0.15, 0.2) is 54.6 Å². The minimum Gasteiger partial charge on any atom is -0.489 e. The van der Waals surface area contributed by atoms with Gasteiger partial charge in [0.25, 0.3) is 5.91 Å². The van der Waals surface area contributed by atoms with Crippen molar-refractivity contribution in [2.75, 3.05) is 13.1 Å². The van der Waals surface area contributed by atoms with Crippen LogP contribution in [-0.2, 0) is 11.4 Å². The number of carbonyl (C=O) groups excluding carboxylic acids is 2. The second-order valence-corrected chi connectivity index (χ2v) is 6.56. The number of benzene rings is 2. The van der Waals surface area contributed by atoms with Crippen molar-refractivity contribution in [3.63, 3.8) is 0 Å². The number of rotatable bonds is 5. The molecule has 0 saturated carbocycles. The maximum Gasteiger partial charge on any atom is 0.251 e. The molecule has 1 saturated heterocycles. The topological polar surface area (TPSA) is 58.6 Å². The van der Waals surface area contributed by atoms with Crippen LogP contribution in [0.5, 0.6) is 5.75 Å². The second kappa shape index (κ2) is 8.52. The number of piperidine rings is 1. The molecule has 1 N–H and O–H groups in total. The Balaban J connectivity index is 1.54. The van der Waals surface area contributed by atoms with Gasteiger partial charge in [0.15, 0.2) is 0 Å². The van der Waals surface area contributed by atoms with Crippen LogP contribution in [0.4, 0.5) is 0 Å². The predicted octanol–water partition coefficient (Wildman–Crippen LogP) is 3.01. The van der Waals surface area contributed by atoms with Crippen molar-refractivity contribution >= 4 is 11.8 Å². The van der Waals surface area contributed by atoms with Crippen molar-refractivity contribution in [2.24, 2.45) is 0 Å². The van der Waals surface area contributed by atoms with Crippen LogP contribution >= 0.6 is 0 Å². The lowest BCUT2D eigenvalue weighted by molar-refractivity contribution is -0.129. The largest absolute Gasteiger partial charge is 0.489 e. The molecular formula is C21H24N2O3. The molecule has 26 heavy (non-hydrogen) atoms. The maximum absolute atomic E-state index is 12.5. The lowest BCUT2D eigenvalue weighted by atomic mass is 10.0. The number of nitrogens with zero attached hydrogens (tertiary/aromatic N) is 1. The molecule has 0 aromatic heterocycles. The first-order chi connectivity index (χ1) is 12.6. The molecule has 0 bridgehead atoms. The molecular weight excluding hydrogens is 328 g/mol. The van der Waals surface area contributed by atoms with Gasteiger partial charge in [-0.15, -0.1) is 0 Å². The first-order valence-corrected chi connectivity index (χ1v) is 8.95. The fourth-order valence-corrected chi connectivity index (χ4v) is 3.08.